The minimum atomic E-state index is 0.00358. The van der Waals surface area contributed by atoms with Gasteiger partial charge < -0.3 is 9.84 Å². The number of aromatic hydroxyl groups is 1. The molecule has 1 atom stereocenters. The molecule has 0 radical (unpaired) electrons. The molecule has 0 amide bonds. The quantitative estimate of drug-likeness (QED) is 0.783. The van der Waals surface area contributed by atoms with Crippen LogP contribution in [0.4, 0.5) is 0 Å². The van der Waals surface area contributed by atoms with E-state index in [2.05, 4.69) is 27.4 Å². The highest BCUT2D eigenvalue weighted by atomic mass is 35.5. The van der Waals surface area contributed by atoms with Crippen LogP contribution >= 0.6 is 34.5 Å². The summed E-state index contributed by atoms with van der Waals surface area (Å²) in [6, 6.07) is 7.56. The maximum atomic E-state index is 10.0. The molecule has 1 aliphatic heterocycles. The molecule has 1 aromatic carbocycles. The van der Waals surface area contributed by atoms with Gasteiger partial charge in [-0.15, -0.1) is 11.3 Å². The third-order valence-electron chi connectivity index (χ3n) is 3.92. The van der Waals surface area contributed by atoms with Crippen LogP contribution in [0.3, 0.4) is 0 Å². The molecule has 0 unspecified atom stereocenters. The molecule has 1 fully saturated rings. The van der Waals surface area contributed by atoms with E-state index in [0.717, 1.165) is 26.3 Å². The van der Waals surface area contributed by atoms with E-state index in [-0.39, 0.29) is 16.8 Å². The van der Waals surface area contributed by atoms with Gasteiger partial charge in [-0.2, -0.15) is 0 Å². The topological polar surface area (TPSA) is 45.1 Å². The largest absolute Gasteiger partial charge is 0.506 e. The number of phenolic OH excluding ortho intramolecular Hbond substituents is 1. The number of morpholine rings is 1. The molecule has 3 rings (SSSR count). The lowest BCUT2D eigenvalue weighted by Crippen LogP contribution is -2.39. The molecule has 1 N–H and O–H groups in total. The van der Waals surface area contributed by atoms with Crippen molar-refractivity contribution in [2.75, 3.05) is 32.8 Å². The summed E-state index contributed by atoms with van der Waals surface area (Å²) in [6.45, 7) is 3.88. The molecule has 0 bridgehead atoms. The molecule has 1 aromatic heterocycles. The fourth-order valence-electron chi connectivity index (χ4n) is 2.69. The monoisotopic (exact) mass is 384 g/mol. The van der Waals surface area contributed by atoms with Crippen LogP contribution in [0, 0.1) is 0 Å². The van der Waals surface area contributed by atoms with Crippen LogP contribution < -0.4 is 0 Å². The summed E-state index contributed by atoms with van der Waals surface area (Å²) in [5, 5.41) is 12.8. The molecule has 0 aliphatic carbocycles. The van der Waals surface area contributed by atoms with E-state index in [9.17, 15) is 5.11 Å². The Balaban J connectivity index is 1.76. The predicted octanol–water partition coefficient (Wildman–Crippen LogP) is 4.25. The molecule has 2 aromatic rings. The summed E-state index contributed by atoms with van der Waals surface area (Å²) in [5.74, 6) is 0.00358. The second-order valence-electron chi connectivity index (χ2n) is 5.50. The van der Waals surface area contributed by atoms with E-state index in [1.54, 1.807) is 23.6 Å². The Labute approximate surface area is 155 Å². The fraction of sp³-hybridized carbons (Fsp3) is 0.353. The molecular weight excluding hydrogens is 367 g/mol. The van der Waals surface area contributed by atoms with Gasteiger partial charge in [-0.05, 0) is 23.6 Å². The number of thiophene rings is 1. The first-order valence-electron chi connectivity index (χ1n) is 7.68. The van der Waals surface area contributed by atoms with Gasteiger partial charge in [-0.3, -0.25) is 9.89 Å². The molecular formula is C17H18Cl2N2O2S. The number of hydrogen-bond acceptors (Lipinski definition) is 5. The first kappa shape index (κ1) is 17.7. The fourth-order valence-corrected chi connectivity index (χ4v) is 4.05. The van der Waals surface area contributed by atoms with Gasteiger partial charge in [0.1, 0.15) is 5.75 Å². The molecule has 0 spiro atoms. The number of rotatable bonds is 5. The summed E-state index contributed by atoms with van der Waals surface area (Å²) in [7, 11) is 0. The zero-order valence-electron chi connectivity index (χ0n) is 13.0. The van der Waals surface area contributed by atoms with Crippen molar-refractivity contribution in [3.63, 3.8) is 0 Å². The minimum Gasteiger partial charge on any atom is -0.506 e. The van der Waals surface area contributed by atoms with E-state index in [0.29, 0.717) is 17.1 Å². The summed E-state index contributed by atoms with van der Waals surface area (Å²) >= 11 is 13.7. The van der Waals surface area contributed by atoms with Gasteiger partial charge in [0.15, 0.2) is 0 Å². The maximum absolute atomic E-state index is 10.0. The van der Waals surface area contributed by atoms with E-state index in [4.69, 9.17) is 27.9 Å². The normalized spacial score (nSPS) is 17.4. The maximum Gasteiger partial charge on any atom is 0.143 e. The second kappa shape index (κ2) is 8.32. The highest BCUT2D eigenvalue weighted by molar-refractivity contribution is 7.10. The van der Waals surface area contributed by atoms with Crippen molar-refractivity contribution >= 4 is 40.8 Å². The zero-order valence-corrected chi connectivity index (χ0v) is 15.3. The van der Waals surface area contributed by atoms with Crippen LogP contribution in [0.25, 0.3) is 0 Å². The van der Waals surface area contributed by atoms with Crippen molar-refractivity contribution in [2.24, 2.45) is 4.99 Å². The first-order valence-corrected chi connectivity index (χ1v) is 9.32. The molecule has 4 nitrogen and oxygen atoms in total. The van der Waals surface area contributed by atoms with E-state index in [1.165, 1.54) is 10.9 Å². The van der Waals surface area contributed by atoms with Crippen LogP contribution in [0.15, 0.2) is 34.6 Å². The Morgan fingerprint density at radius 3 is 2.83 bits per heavy atom. The Bertz CT molecular complexity index is 701. The van der Waals surface area contributed by atoms with E-state index >= 15 is 0 Å². The number of ether oxygens (including phenoxy) is 1. The standard InChI is InChI=1S/C17H18Cl2N2O2S/c18-13-8-12(17(22)14(19)9-13)10-20-11-15(16-2-1-7-24-16)21-3-5-23-6-4-21/h1-2,7-10,15,22H,3-6,11H2/t15-/m0/s1. The van der Waals surface area contributed by atoms with E-state index in [1.807, 2.05) is 0 Å². The zero-order chi connectivity index (χ0) is 16.9. The molecule has 2 heterocycles. The average molecular weight is 385 g/mol. The molecule has 1 aliphatic rings. The van der Waals surface area contributed by atoms with Crippen LogP contribution in [0.5, 0.6) is 5.75 Å². The van der Waals surface area contributed by atoms with Gasteiger partial charge >= 0.3 is 0 Å². The van der Waals surface area contributed by atoms with Gasteiger partial charge in [-0.1, -0.05) is 29.3 Å². The highest BCUT2D eigenvalue weighted by Crippen LogP contribution is 2.30. The van der Waals surface area contributed by atoms with Crippen LogP contribution in [0.1, 0.15) is 16.5 Å². The third kappa shape index (κ3) is 4.29. The molecule has 1 saturated heterocycles. The van der Waals surface area contributed by atoms with Crippen molar-refractivity contribution in [1.29, 1.82) is 0 Å². The lowest BCUT2D eigenvalue weighted by molar-refractivity contribution is 0.0187. The third-order valence-corrected chi connectivity index (χ3v) is 5.40. The number of aliphatic imine (C=N–C) groups is 1. The van der Waals surface area contributed by atoms with Gasteiger partial charge in [0.2, 0.25) is 0 Å². The predicted molar refractivity (Wildman–Crippen MR) is 100 cm³/mol. The summed E-state index contributed by atoms with van der Waals surface area (Å²) in [6.07, 6.45) is 1.63. The van der Waals surface area contributed by atoms with Crippen molar-refractivity contribution in [2.45, 2.75) is 6.04 Å². The van der Waals surface area contributed by atoms with E-state index < -0.39 is 0 Å². The smallest absolute Gasteiger partial charge is 0.143 e. The van der Waals surface area contributed by atoms with Crippen LogP contribution in [0.2, 0.25) is 10.0 Å². The van der Waals surface area contributed by atoms with Gasteiger partial charge in [0.25, 0.3) is 0 Å². The number of phenols is 1. The van der Waals surface area contributed by atoms with Crippen molar-refractivity contribution in [3.05, 3.63) is 50.1 Å². The molecule has 128 valence electrons. The highest BCUT2D eigenvalue weighted by Gasteiger charge is 2.22. The molecule has 0 saturated carbocycles. The SMILES string of the molecule is Oc1c(Cl)cc(Cl)cc1C=NC[C@@H](c1cccs1)N1CCOCC1. The first-order chi connectivity index (χ1) is 11.6. The second-order valence-corrected chi connectivity index (χ2v) is 7.32. The number of hydrogen-bond donors (Lipinski definition) is 1. The summed E-state index contributed by atoms with van der Waals surface area (Å²) in [4.78, 5) is 8.20. The Hall–Kier alpha value is -1.11. The molecule has 7 heteroatoms. The van der Waals surface area contributed by atoms with Crippen molar-refractivity contribution in [1.82, 2.24) is 4.90 Å². The molecule has 24 heavy (non-hydrogen) atoms. The van der Waals surface area contributed by atoms with Crippen molar-refractivity contribution < 1.29 is 9.84 Å². The summed E-state index contributed by atoms with van der Waals surface area (Å²) < 4.78 is 5.44. The van der Waals surface area contributed by atoms with Crippen LogP contribution in [-0.2, 0) is 4.74 Å². The summed E-state index contributed by atoms with van der Waals surface area (Å²) in [5.41, 5.74) is 0.527. The minimum absolute atomic E-state index is 0.00358. The van der Waals surface area contributed by atoms with Gasteiger partial charge in [0, 0.05) is 34.8 Å². The van der Waals surface area contributed by atoms with Gasteiger partial charge in [-0.25, -0.2) is 0 Å². The Morgan fingerprint density at radius 1 is 1.33 bits per heavy atom. The van der Waals surface area contributed by atoms with Gasteiger partial charge in [0.05, 0.1) is 30.8 Å². The Kier molecular flexibility index (Phi) is 6.14. The van der Waals surface area contributed by atoms with Crippen molar-refractivity contribution in [3.8, 4) is 5.75 Å². The lowest BCUT2D eigenvalue weighted by Gasteiger charge is -2.33. The number of halogens is 2. The number of nitrogens with zero attached hydrogens (tertiary/aromatic N) is 2. The average Bonchev–Trinajstić information content (AvgIpc) is 3.11. The number of benzene rings is 1. The van der Waals surface area contributed by atoms with Crippen LogP contribution in [-0.4, -0.2) is 49.1 Å². The lowest BCUT2D eigenvalue weighted by atomic mass is 10.2. The Morgan fingerprint density at radius 2 is 2.12 bits per heavy atom.